The Morgan fingerprint density at radius 1 is 1.70 bits per heavy atom. The molecule has 58 valence electrons. The van der Waals surface area contributed by atoms with E-state index >= 15 is 0 Å². The predicted octanol–water partition coefficient (Wildman–Crippen LogP) is 1.11. The van der Waals surface area contributed by atoms with E-state index in [2.05, 4.69) is 6.58 Å². The minimum atomic E-state index is -0.716. The van der Waals surface area contributed by atoms with Gasteiger partial charge in [0, 0.05) is 5.03 Å². The van der Waals surface area contributed by atoms with Crippen LogP contribution in [-0.2, 0) is 4.74 Å². The molecule has 2 nitrogen and oxygen atoms in total. The SMILES string of the molecule is C=C(Cl)C1OCC(Cl)C1O. The van der Waals surface area contributed by atoms with Crippen molar-refractivity contribution in [3.05, 3.63) is 11.6 Å². The molecule has 1 aliphatic rings. The monoisotopic (exact) mass is 182 g/mol. The minimum Gasteiger partial charge on any atom is -0.388 e. The number of aliphatic hydroxyl groups excluding tert-OH is 1. The van der Waals surface area contributed by atoms with Gasteiger partial charge in [0.2, 0.25) is 0 Å². The Labute approximate surface area is 69.4 Å². The van der Waals surface area contributed by atoms with Gasteiger partial charge in [0.1, 0.15) is 12.2 Å². The zero-order chi connectivity index (χ0) is 7.72. The van der Waals surface area contributed by atoms with Crippen LogP contribution >= 0.6 is 23.2 Å². The average molecular weight is 183 g/mol. The normalized spacial score (nSPS) is 40.1. The highest BCUT2D eigenvalue weighted by atomic mass is 35.5. The van der Waals surface area contributed by atoms with Gasteiger partial charge in [-0.2, -0.15) is 0 Å². The van der Waals surface area contributed by atoms with Crippen LogP contribution < -0.4 is 0 Å². The van der Waals surface area contributed by atoms with Crippen LogP contribution in [0.2, 0.25) is 0 Å². The third-order valence-electron chi connectivity index (χ3n) is 1.42. The van der Waals surface area contributed by atoms with Crippen LogP contribution in [0.25, 0.3) is 0 Å². The van der Waals surface area contributed by atoms with Gasteiger partial charge in [-0.25, -0.2) is 0 Å². The number of ether oxygens (including phenoxy) is 1. The summed E-state index contributed by atoms with van der Waals surface area (Å²) in [5, 5.41) is 9.17. The average Bonchev–Trinajstić information content (AvgIpc) is 2.14. The van der Waals surface area contributed by atoms with Crippen LogP contribution in [0, 0.1) is 0 Å². The second kappa shape index (κ2) is 3.09. The summed E-state index contributed by atoms with van der Waals surface area (Å²) < 4.78 is 5.03. The third kappa shape index (κ3) is 1.45. The fourth-order valence-corrected chi connectivity index (χ4v) is 1.26. The zero-order valence-corrected chi connectivity index (χ0v) is 6.77. The summed E-state index contributed by atoms with van der Waals surface area (Å²) in [6, 6.07) is 0. The number of halogens is 2. The Hall–Kier alpha value is 0.240. The van der Waals surface area contributed by atoms with Gasteiger partial charge < -0.3 is 9.84 Å². The van der Waals surface area contributed by atoms with Gasteiger partial charge in [0.05, 0.1) is 12.0 Å². The molecule has 1 fully saturated rings. The van der Waals surface area contributed by atoms with Crippen molar-refractivity contribution in [2.24, 2.45) is 0 Å². The molecule has 1 rings (SSSR count). The molecule has 3 unspecified atom stereocenters. The smallest absolute Gasteiger partial charge is 0.120 e. The first kappa shape index (κ1) is 8.34. The van der Waals surface area contributed by atoms with Crippen LogP contribution in [0.4, 0.5) is 0 Å². The first-order chi connectivity index (χ1) is 4.63. The molecule has 1 saturated heterocycles. The topological polar surface area (TPSA) is 29.5 Å². The van der Waals surface area contributed by atoms with E-state index in [0.717, 1.165) is 0 Å². The first-order valence-electron chi connectivity index (χ1n) is 2.91. The van der Waals surface area contributed by atoms with Crippen molar-refractivity contribution in [2.75, 3.05) is 6.61 Å². The van der Waals surface area contributed by atoms with E-state index in [4.69, 9.17) is 27.9 Å². The molecule has 4 heteroatoms. The molecule has 1 N–H and O–H groups in total. The second-order valence-corrected chi connectivity index (χ2v) is 3.25. The quantitative estimate of drug-likeness (QED) is 0.617. The van der Waals surface area contributed by atoms with E-state index in [0.29, 0.717) is 11.6 Å². The van der Waals surface area contributed by atoms with Crippen molar-refractivity contribution in [3.8, 4) is 0 Å². The summed E-state index contributed by atoms with van der Waals surface area (Å²) in [6.45, 7) is 3.78. The lowest BCUT2D eigenvalue weighted by Gasteiger charge is -2.11. The lowest BCUT2D eigenvalue weighted by atomic mass is 10.2. The second-order valence-electron chi connectivity index (χ2n) is 2.21. The Morgan fingerprint density at radius 2 is 2.30 bits per heavy atom. The maximum absolute atomic E-state index is 9.23. The molecule has 0 aromatic carbocycles. The zero-order valence-electron chi connectivity index (χ0n) is 5.26. The highest BCUT2D eigenvalue weighted by molar-refractivity contribution is 6.30. The van der Waals surface area contributed by atoms with Crippen LogP contribution in [0.5, 0.6) is 0 Å². The van der Waals surface area contributed by atoms with Gasteiger partial charge in [0.15, 0.2) is 0 Å². The Bertz CT molecular complexity index is 149. The summed E-state index contributed by atoms with van der Waals surface area (Å²) >= 11 is 11.1. The van der Waals surface area contributed by atoms with Crippen molar-refractivity contribution in [2.45, 2.75) is 17.6 Å². The Morgan fingerprint density at radius 3 is 2.50 bits per heavy atom. The highest BCUT2D eigenvalue weighted by Crippen LogP contribution is 2.25. The molecule has 0 bridgehead atoms. The summed E-state index contributed by atoms with van der Waals surface area (Å²) in [6.07, 6.45) is -1.21. The van der Waals surface area contributed by atoms with E-state index in [-0.39, 0.29) is 5.38 Å². The van der Waals surface area contributed by atoms with Crippen molar-refractivity contribution < 1.29 is 9.84 Å². The first-order valence-corrected chi connectivity index (χ1v) is 3.72. The van der Waals surface area contributed by atoms with E-state index in [1.807, 2.05) is 0 Å². The van der Waals surface area contributed by atoms with E-state index in [9.17, 15) is 5.11 Å². The van der Waals surface area contributed by atoms with Gasteiger partial charge >= 0.3 is 0 Å². The lowest BCUT2D eigenvalue weighted by Crippen LogP contribution is -2.26. The number of alkyl halides is 1. The standard InChI is InChI=1S/C6H8Cl2O2/c1-3(7)6-5(9)4(8)2-10-6/h4-6,9H,1-2H2. The van der Waals surface area contributed by atoms with Crippen molar-refractivity contribution in [1.29, 1.82) is 0 Å². The van der Waals surface area contributed by atoms with E-state index in [1.54, 1.807) is 0 Å². The minimum absolute atomic E-state index is 0.302. The van der Waals surface area contributed by atoms with Gasteiger partial charge in [-0.15, -0.1) is 11.6 Å². The molecule has 10 heavy (non-hydrogen) atoms. The molecular formula is C6H8Cl2O2. The molecule has 0 aliphatic carbocycles. The molecule has 0 spiro atoms. The number of rotatable bonds is 1. The summed E-state index contributed by atoms with van der Waals surface area (Å²) in [7, 11) is 0. The summed E-state index contributed by atoms with van der Waals surface area (Å²) in [5.41, 5.74) is 0. The maximum Gasteiger partial charge on any atom is 0.120 e. The predicted molar refractivity (Wildman–Crippen MR) is 40.4 cm³/mol. The highest BCUT2D eigenvalue weighted by Gasteiger charge is 2.35. The molecule has 0 saturated carbocycles. The number of hydrogen-bond donors (Lipinski definition) is 1. The van der Waals surface area contributed by atoms with Crippen molar-refractivity contribution in [3.63, 3.8) is 0 Å². The van der Waals surface area contributed by atoms with Crippen molar-refractivity contribution in [1.82, 2.24) is 0 Å². The maximum atomic E-state index is 9.23. The molecule has 1 aliphatic heterocycles. The number of aliphatic hydroxyl groups is 1. The summed E-state index contributed by atoms with van der Waals surface area (Å²) in [5.74, 6) is 0. The number of hydrogen-bond acceptors (Lipinski definition) is 2. The van der Waals surface area contributed by atoms with Gasteiger partial charge in [-0.3, -0.25) is 0 Å². The molecule has 0 aromatic heterocycles. The van der Waals surface area contributed by atoms with E-state index < -0.39 is 12.2 Å². The van der Waals surface area contributed by atoms with Gasteiger partial charge in [-0.05, 0) is 0 Å². The van der Waals surface area contributed by atoms with Crippen LogP contribution in [0.15, 0.2) is 11.6 Å². The summed E-state index contributed by atoms with van der Waals surface area (Å²) in [4.78, 5) is 0. The molecule has 0 radical (unpaired) electrons. The van der Waals surface area contributed by atoms with Crippen LogP contribution in [0.3, 0.4) is 0 Å². The lowest BCUT2D eigenvalue weighted by molar-refractivity contribution is 0.0723. The van der Waals surface area contributed by atoms with Crippen molar-refractivity contribution >= 4 is 23.2 Å². The molecule has 0 amide bonds. The Balaban J connectivity index is 2.57. The van der Waals surface area contributed by atoms with Crippen LogP contribution in [-0.4, -0.2) is 29.3 Å². The molecule has 3 atom stereocenters. The Kier molecular flexibility index (Phi) is 2.58. The fraction of sp³-hybridized carbons (Fsp3) is 0.667. The fourth-order valence-electron chi connectivity index (χ4n) is 0.858. The third-order valence-corrected chi connectivity index (χ3v) is 2.02. The largest absolute Gasteiger partial charge is 0.388 e. The molecule has 0 aromatic rings. The molecule has 1 heterocycles. The van der Waals surface area contributed by atoms with Gasteiger partial charge in [-0.1, -0.05) is 18.2 Å². The molecular weight excluding hydrogens is 175 g/mol. The van der Waals surface area contributed by atoms with E-state index in [1.165, 1.54) is 0 Å². The van der Waals surface area contributed by atoms with Crippen LogP contribution in [0.1, 0.15) is 0 Å². The van der Waals surface area contributed by atoms with Gasteiger partial charge in [0.25, 0.3) is 0 Å².